The van der Waals surface area contributed by atoms with Crippen LogP contribution in [0.15, 0.2) is 4.99 Å². The lowest BCUT2D eigenvalue weighted by Crippen LogP contribution is -2.49. The molecule has 0 bridgehead atoms. The normalized spacial score (nSPS) is 20.8. The SMILES string of the molecule is CCNC(=NCCCOC1CCCCC1)NC1CCN(C(C)C)CC1.I. The first-order chi connectivity index (χ1) is 12.2. The molecule has 1 saturated carbocycles. The largest absolute Gasteiger partial charge is 0.378 e. The molecule has 2 aliphatic rings. The van der Waals surface area contributed by atoms with Gasteiger partial charge in [0.15, 0.2) is 5.96 Å². The van der Waals surface area contributed by atoms with E-state index >= 15 is 0 Å². The van der Waals surface area contributed by atoms with Crippen molar-refractivity contribution < 1.29 is 4.74 Å². The van der Waals surface area contributed by atoms with Crippen molar-refractivity contribution in [2.45, 2.75) is 90.3 Å². The van der Waals surface area contributed by atoms with Crippen LogP contribution in [0.1, 0.15) is 72.1 Å². The second-order valence-corrected chi connectivity index (χ2v) is 7.79. The van der Waals surface area contributed by atoms with E-state index in [1.165, 1.54) is 58.0 Å². The van der Waals surface area contributed by atoms with E-state index in [0.717, 1.165) is 32.1 Å². The molecule has 1 saturated heterocycles. The van der Waals surface area contributed by atoms with E-state index < -0.39 is 0 Å². The van der Waals surface area contributed by atoms with Crippen molar-refractivity contribution in [1.82, 2.24) is 15.5 Å². The molecule has 2 fully saturated rings. The predicted octanol–water partition coefficient (Wildman–Crippen LogP) is 3.77. The van der Waals surface area contributed by atoms with Gasteiger partial charge >= 0.3 is 0 Å². The van der Waals surface area contributed by atoms with E-state index in [1.807, 2.05) is 0 Å². The fourth-order valence-electron chi connectivity index (χ4n) is 3.81. The summed E-state index contributed by atoms with van der Waals surface area (Å²) >= 11 is 0. The number of nitrogens with one attached hydrogen (secondary N) is 2. The Labute approximate surface area is 178 Å². The molecular formula is C20H41IN4O. The summed E-state index contributed by atoms with van der Waals surface area (Å²) in [6, 6.07) is 1.21. The van der Waals surface area contributed by atoms with Crippen LogP contribution < -0.4 is 10.6 Å². The van der Waals surface area contributed by atoms with E-state index in [2.05, 4.69) is 36.3 Å². The Balaban J connectivity index is 0.00000338. The van der Waals surface area contributed by atoms with Gasteiger partial charge in [0.05, 0.1) is 6.10 Å². The second-order valence-electron chi connectivity index (χ2n) is 7.79. The Morgan fingerprint density at radius 3 is 2.42 bits per heavy atom. The Bertz CT molecular complexity index is 378. The minimum atomic E-state index is 0. The molecule has 1 aliphatic carbocycles. The lowest BCUT2D eigenvalue weighted by Gasteiger charge is -2.35. The third kappa shape index (κ3) is 9.22. The van der Waals surface area contributed by atoms with Gasteiger partial charge in [-0.15, -0.1) is 24.0 Å². The highest BCUT2D eigenvalue weighted by Gasteiger charge is 2.21. The molecule has 0 unspecified atom stereocenters. The zero-order chi connectivity index (χ0) is 17.9. The van der Waals surface area contributed by atoms with Crippen LogP contribution in [0, 0.1) is 0 Å². The number of piperidine rings is 1. The summed E-state index contributed by atoms with van der Waals surface area (Å²) in [5, 5.41) is 7.02. The Morgan fingerprint density at radius 2 is 1.81 bits per heavy atom. The van der Waals surface area contributed by atoms with Gasteiger partial charge in [-0.1, -0.05) is 19.3 Å². The van der Waals surface area contributed by atoms with Gasteiger partial charge in [0.1, 0.15) is 0 Å². The number of likely N-dealkylation sites (tertiary alicyclic amines) is 1. The zero-order valence-electron chi connectivity index (χ0n) is 17.1. The minimum Gasteiger partial charge on any atom is -0.378 e. The van der Waals surface area contributed by atoms with Crippen LogP contribution in [0.2, 0.25) is 0 Å². The third-order valence-electron chi connectivity index (χ3n) is 5.42. The highest BCUT2D eigenvalue weighted by Crippen LogP contribution is 2.20. The van der Waals surface area contributed by atoms with Crippen LogP contribution in [0.4, 0.5) is 0 Å². The number of aliphatic imine (C=N–C) groups is 1. The van der Waals surface area contributed by atoms with Crippen LogP contribution in [0.25, 0.3) is 0 Å². The highest BCUT2D eigenvalue weighted by atomic mass is 127. The molecule has 1 aliphatic heterocycles. The zero-order valence-corrected chi connectivity index (χ0v) is 19.5. The number of halogens is 1. The van der Waals surface area contributed by atoms with Gasteiger partial charge in [-0.05, 0) is 52.9 Å². The molecule has 6 heteroatoms. The first-order valence-electron chi connectivity index (χ1n) is 10.6. The van der Waals surface area contributed by atoms with E-state index in [-0.39, 0.29) is 24.0 Å². The number of nitrogens with zero attached hydrogens (tertiary/aromatic N) is 2. The standard InChI is InChI=1S/C20H40N4O.HI/c1-4-21-20(23-18-11-14-24(15-12-18)17(2)3)22-13-8-16-25-19-9-6-5-7-10-19;/h17-19H,4-16H2,1-3H3,(H2,21,22,23);1H. The summed E-state index contributed by atoms with van der Waals surface area (Å²) in [6.45, 7) is 11.7. The molecule has 1 heterocycles. The number of rotatable bonds is 8. The fraction of sp³-hybridized carbons (Fsp3) is 0.950. The average Bonchev–Trinajstić information content (AvgIpc) is 2.63. The maximum absolute atomic E-state index is 5.99. The molecular weight excluding hydrogens is 439 g/mol. The van der Waals surface area contributed by atoms with Gasteiger partial charge in [0.25, 0.3) is 0 Å². The van der Waals surface area contributed by atoms with Crippen molar-refractivity contribution in [1.29, 1.82) is 0 Å². The van der Waals surface area contributed by atoms with Crippen LogP contribution >= 0.6 is 24.0 Å². The monoisotopic (exact) mass is 480 g/mol. The van der Waals surface area contributed by atoms with Crippen molar-refractivity contribution in [2.24, 2.45) is 4.99 Å². The molecule has 2 N–H and O–H groups in total. The quantitative estimate of drug-likeness (QED) is 0.240. The molecule has 0 aromatic carbocycles. The Hall–Kier alpha value is -0.0800. The molecule has 5 nitrogen and oxygen atoms in total. The number of hydrogen-bond donors (Lipinski definition) is 2. The number of ether oxygens (including phenoxy) is 1. The summed E-state index contributed by atoms with van der Waals surface area (Å²) < 4.78 is 5.99. The first kappa shape index (κ1) is 24.0. The molecule has 0 aromatic rings. The van der Waals surface area contributed by atoms with Crippen LogP contribution in [0.3, 0.4) is 0 Å². The van der Waals surface area contributed by atoms with Crippen LogP contribution in [-0.4, -0.2) is 61.8 Å². The molecule has 26 heavy (non-hydrogen) atoms. The summed E-state index contributed by atoms with van der Waals surface area (Å²) in [4.78, 5) is 7.31. The van der Waals surface area contributed by atoms with Gasteiger partial charge < -0.3 is 20.3 Å². The van der Waals surface area contributed by atoms with E-state index in [4.69, 9.17) is 9.73 Å². The smallest absolute Gasteiger partial charge is 0.191 e. The minimum absolute atomic E-state index is 0. The van der Waals surface area contributed by atoms with Crippen molar-refractivity contribution in [2.75, 3.05) is 32.8 Å². The lowest BCUT2D eigenvalue weighted by molar-refractivity contribution is 0.0281. The third-order valence-corrected chi connectivity index (χ3v) is 5.42. The van der Waals surface area contributed by atoms with Crippen LogP contribution in [-0.2, 0) is 4.74 Å². The summed E-state index contributed by atoms with van der Waals surface area (Å²) in [7, 11) is 0. The van der Waals surface area contributed by atoms with Gasteiger partial charge in [0, 0.05) is 44.9 Å². The molecule has 154 valence electrons. The van der Waals surface area contributed by atoms with E-state index in [9.17, 15) is 0 Å². The molecule has 0 spiro atoms. The Kier molecular flexibility index (Phi) is 12.9. The highest BCUT2D eigenvalue weighted by molar-refractivity contribution is 14.0. The Morgan fingerprint density at radius 1 is 1.12 bits per heavy atom. The summed E-state index contributed by atoms with van der Waals surface area (Å²) in [5.41, 5.74) is 0. The molecule has 0 atom stereocenters. The number of hydrogen-bond acceptors (Lipinski definition) is 3. The van der Waals surface area contributed by atoms with E-state index in [1.54, 1.807) is 0 Å². The summed E-state index contributed by atoms with van der Waals surface area (Å²) in [5.74, 6) is 0.975. The number of guanidine groups is 1. The molecule has 0 aromatic heterocycles. The predicted molar refractivity (Wildman–Crippen MR) is 122 cm³/mol. The van der Waals surface area contributed by atoms with Gasteiger partial charge in [-0.2, -0.15) is 0 Å². The molecule has 0 amide bonds. The van der Waals surface area contributed by atoms with Gasteiger partial charge in [-0.25, -0.2) is 0 Å². The average molecular weight is 480 g/mol. The van der Waals surface area contributed by atoms with Crippen LogP contribution in [0.5, 0.6) is 0 Å². The second kappa shape index (κ2) is 14.0. The topological polar surface area (TPSA) is 48.9 Å². The maximum atomic E-state index is 5.99. The molecule has 2 rings (SSSR count). The van der Waals surface area contributed by atoms with Crippen molar-refractivity contribution in [3.05, 3.63) is 0 Å². The van der Waals surface area contributed by atoms with E-state index in [0.29, 0.717) is 18.2 Å². The van der Waals surface area contributed by atoms with Gasteiger partial charge in [-0.3, -0.25) is 4.99 Å². The van der Waals surface area contributed by atoms with Crippen molar-refractivity contribution in [3.8, 4) is 0 Å². The first-order valence-corrected chi connectivity index (χ1v) is 10.6. The lowest BCUT2D eigenvalue weighted by atomic mass is 9.98. The maximum Gasteiger partial charge on any atom is 0.191 e. The van der Waals surface area contributed by atoms with Gasteiger partial charge in [0.2, 0.25) is 0 Å². The summed E-state index contributed by atoms with van der Waals surface area (Å²) in [6.07, 6.45) is 10.5. The van der Waals surface area contributed by atoms with Crippen molar-refractivity contribution in [3.63, 3.8) is 0 Å². The van der Waals surface area contributed by atoms with Crippen molar-refractivity contribution >= 4 is 29.9 Å². The fourth-order valence-corrected chi connectivity index (χ4v) is 3.81. The molecule has 0 radical (unpaired) electrons.